The Morgan fingerprint density at radius 1 is 0.816 bits per heavy atom. The molecule has 4 nitrogen and oxygen atoms in total. The standard InChI is InChI=1S/C34H36N4/c1-9-34(8)26-15-10-11-16-28(26)38-31-30(35-20-27(36-31)29-23(4)13-12-14-24(29)5)37(32(38)33(34,6)7)25-18-21(2)17-22(3)19-25/h9-20,32H,1H2,2-8H3. The smallest absolute Gasteiger partial charge is 0.179 e. The summed E-state index contributed by atoms with van der Waals surface area (Å²) >= 11 is 0. The number of anilines is 4. The Bertz CT molecular complexity index is 1560. The highest BCUT2D eigenvalue weighted by atomic mass is 15.5. The number of fused-ring (bicyclic) bond motifs is 5. The monoisotopic (exact) mass is 500 g/mol. The Balaban J connectivity index is 1.69. The number of allylic oxidation sites excluding steroid dienone is 1. The Hall–Kier alpha value is -3.92. The molecule has 0 spiro atoms. The molecule has 1 aromatic heterocycles. The molecule has 4 heteroatoms. The lowest BCUT2D eigenvalue weighted by atomic mass is 9.58. The first-order valence-corrected chi connectivity index (χ1v) is 13.4. The zero-order valence-electron chi connectivity index (χ0n) is 23.5. The van der Waals surface area contributed by atoms with E-state index in [4.69, 9.17) is 9.97 Å². The van der Waals surface area contributed by atoms with Crippen molar-refractivity contribution in [3.8, 4) is 11.3 Å². The van der Waals surface area contributed by atoms with Gasteiger partial charge in [0.2, 0.25) is 0 Å². The minimum Gasteiger partial charge on any atom is -0.301 e. The summed E-state index contributed by atoms with van der Waals surface area (Å²) in [6, 6.07) is 21.9. The molecule has 3 heterocycles. The van der Waals surface area contributed by atoms with Crippen LogP contribution in [0.15, 0.2) is 79.5 Å². The SMILES string of the molecule is C=CC1(C)c2ccccc2N2c3nc(-c4c(C)cccc4C)cnc3N(c3cc(C)cc(C)c3)C2C1(C)C. The maximum absolute atomic E-state index is 5.38. The summed E-state index contributed by atoms with van der Waals surface area (Å²) in [5.41, 5.74) is 10.0. The number of aromatic nitrogens is 2. The van der Waals surface area contributed by atoms with Crippen LogP contribution in [-0.2, 0) is 5.41 Å². The van der Waals surface area contributed by atoms with Crippen molar-refractivity contribution in [2.24, 2.45) is 5.41 Å². The van der Waals surface area contributed by atoms with Gasteiger partial charge in [-0.3, -0.25) is 0 Å². The fraction of sp³-hybridized carbons (Fsp3) is 0.294. The second-order valence-corrected chi connectivity index (χ2v) is 11.8. The summed E-state index contributed by atoms with van der Waals surface area (Å²) in [5, 5.41) is 0. The van der Waals surface area contributed by atoms with Crippen LogP contribution in [0.5, 0.6) is 0 Å². The molecule has 0 bridgehead atoms. The first-order chi connectivity index (χ1) is 18.1. The van der Waals surface area contributed by atoms with Crippen molar-refractivity contribution in [2.75, 3.05) is 9.80 Å². The first-order valence-electron chi connectivity index (χ1n) is 13.4. The summed E-state index contributed by atoms with van der Waals surface area (Å²) in [6.07, 6.45) is 4.05. The highest BCUT2D eigenvalue weighted by molar-refractivity contribution is 5.88. The second kappa shape index (κ2) is 8.29. The predicted molar refractivity (Wildman–Crippen MR) is 159 cm³/mol. The molecule has 0 saturated carbocycles. The van der Waals surface area contributed by atoms with Crippen molar-refractivity contribution in [2.45, 2.75) is 60.0 Å². The molecular weight excluding hydrogens is 464 g/mol. The van der Waals surface area contributed by atoms with Gasteiger partial charge in [-0.1, -0.05) is 69.3 Å². The predicted octanol–water partition coefficient (Wildman–Crippen LogP) is 8.48. The highest BCUT2D eigenvalue weighted by Crippen LogP contribution is 2.62. The van der Waals surface area contributed by atoms with Crippen LogP contribution >= 0.6 is 0 Å². The maximum atomic E-state index is 5.38. The molecule has 2 atom stereocenters. The van der Waals surface area contributed by atoms with Crippen LogP contribution in [0, 0.1) is 33.1 Å². The van der Waals surface area contributed by atoms with E-state index in [-0.39, 0.29) is 17.0 Å². The zero-order chi connectivity index (χ0) is 27.0. The van der Waals surface area contributed by atoms with Crippen LogP contribution in [0.4, 0.5) is 23.0 Å². The third-order valence-electron chi connectivity index (χ3n) is 9.02. The van der Waals surface area contributed by atoms with Crippen LogP contribution in [0.3, 0.4) is 0 Å². The van der Waals surface area contributed by atoms with Gasteiger partial charge < -0.3 is 9.80 Å². The van der Waals surface area contributed by atoms with E-state index in [0.717, 1.165) is 28.6 Å². The van der Waals surface area contributed by atoms with Crippen LogP contribution in [0.1, 0.15) is 48.6 Å². The molecular formula is C34H36N4. The van der Waals surface area contributed by atoms with Crippen LogP contribution in [0.25, 0.3) is 11.3 Å². The third kappa shape index (κ3) is 3.22. The van der Waals surface area contributed by atoms with Crippen molar-refractivity contribution in [3.63, 3.8) is 0 Å². The molecule has 6 rings (SSSR count). The molecule has 0 aliphatic carbocycles. The highest BCUT2D eigenvalue weighted by Gasteiger charge is 2.59. The number of aryl methyl sites for hydroxylation is 4. The van der Waals surface area contributed by atoms with Gasteiger partial charge in [0.25, 0.3) is 0 Å². The van der Waals surface area contributed by atoms with Gasteiger partial charge in [-0.2, -0.15) is 0 Å². The lowest BCUT2D eigenvalue weighted by Gasteiger charge is -2.56. The lowest BCUT2D eigenvalue weighted by Crippen LogP contribution is -2.60. The van der Waals surface area contributed by atoms with Gasteiger partial charge in [-0.15, -0.1) is 6.58 Å². The average Bonchev–Trinajstić information content (AvgIpc) is 3.22. The molecule has 2 aliphatic rings. The van der Waals surface area contributed by atoms with Gasteiger partial charge in [0.05, 0.1) is 11.9 Å². The Morgan fingerprint density at radius 2 is 1.47 bits per heavy atom. The Labute approximate surface area is 226 Å². The Kier molecular flexibility index (Phi) is 5.33. The summed E-state index contributed by atoms with van der Waals surface area (Å²) in [6.45, 7) is 20.0. The lowest BCUT2D eigenvalue weighted by molar-refractivity contribution is 0.171. The summed E-state index contributed by atoms with van der Waals surface area (Å²) < 4.78 is 0. The largest absolute Gasteiger partial charge is 0.301 e. The molecule has 38 heavy (non-hydrogen) atoms. The maximum Gasteiger partial charge on any atom is 0.179 e. The van der Waals surface area contributed by atoms with Crippen LogP contribution < -0.4 is 9.80 Å². The number of hydrogen-bond donors (Lipinski definition) is 0. The average molecular weight is 501 g/mol. The van der Waals surface area contributed by atoms with Crippen molar-refractivity contribution in [1.29, 1.82) is 0 Å². The van der Waals surface area contributed by atoms with E-state index in [1.807, 2.05) is 6.20 Å². The first kappa shape index (κ1) is 24.4. The number of benzene rings is 3. The van der Waals surface area contributed by atoms with Crippen molar-refractivity contribution in [1.82, 2.24) is 9.97 Å². The number of para-hydroxylation sites is 1. The summed E-state index contributed by atoms with van der Waals surface area (Å²) in [7, 11) is 0. The Morgan fingerprint density at radius 3 is 2.13 bits per heavy atom. The minimum absolute atomic E-state index is 0.0372. The molecule has 3 aromatic carbocycles. The zero-order valence-corrected chi connectivity index (χ0v) is 23.5. The minimum atomic E-state index is -0.265. The van der Waals surface area contributed by atoms with Gasteiger partial charge >= 0.3 is 0 Å². The van der Waals surface area contributed by atoms with E-state index in [9.17, 15) is 0 Å². The molecule has 192 valence electrons. The molecule has 0 radical (unpaired) electrons. The molecule has 2 aliphatic heterocycles. The topological polar surface area (TPSA) is 32.3 Å². The number of nitrogens with zero attached hydrogens (tertiary/aromatic N) is 4. The fourth-order valence-electron chi connectivity index (χ4n) is 6.75. The number of rotatable bonds is 3. The molecule has 4 aromatic rings. The molecule has 0 saturated heterocycles. The van der Waals surface area contributed by atoms with E-state index >= 15 is 0 Å². The van der Waals surface area contributed by atoms with Gasteiger partial charge in [0, 0.05) is 27.8 Å². The second-order valence-electron chi connectivity index (χ2n) is 11.8. The van der Waals surface area contributed by atoms with Crippen molar-refractivity contribution >= 4 is 23.0 Å². The van der Waals surface area contributed by atoms with Gasteiger partial charge in [0.15, 0.2) is 11.6 Å². The normalized spacial score (nSPS) is 21.1. The summed E-state index contributed by atoms with van der Waals surface area (Å²) in [5.74, 6) is 1.80. The van der Waals surface area contributed by atoms with Crippen LogP contribution in [0.2, 0.25) is 0 Å². The van der Waals surface area contributed by atoms with E-state index in [0.29, 0.717) is 0 Å². The van der Waals surface area contributed by atoms with E-state index < -0.39 is 0 Å². The van der Waals surface area contributed by atoms with Crippen molar-refractivity contribution in [3.05, 3.63) is 107 Å². The van der Waals surface area contributed by atoms with Gasteiger partial charge in [-0.25, -0.2) is 9.97 Å². The van der Waals surface area contributed by atoms with Gasteiger partial charge in [0.1, 0.15) is 6.17 Å². The molecule has 0 N–H and O–H groups in total. The molecule has 0 amide bonds. The van der Waals surface area contributed by atoms with Crippen LogP contribution in [-0.4, -0.2) is 16.1 Å². The van der Waals surface area contributed by atoms with Gasteiger partial charge in [-0.05, 0) is 73.7 Å². The van der Waals surface area contributed by atoms with Crippen molar-refractivity contribution < 1.29 is 0 Å². The van der Waals surface area contributed by atoms with E-state index in [2.05, 4.69) is 132 Å². The molecule has 2 unspecified atom stereocenters. The third-order valence-corrected chi connectivity index (χ3v) is 9.02. The summed E-state index contributed by atoms with van der Waals surface area (Å²) in [4.78, 5) is 15.4. The quantitative estimate of drug-likeness (QED) is 0.264. The number of hydrogen-bond acceptors (Lipinski definition) is 4. The molecule has 0 fully saturated rings. The van der Waals surface area contributed by atoms with E-state index in [1.165, 1.54) is 33.5 Å². The fourth-order valence-corrected chi connectivity index (χ4v) is 6.75. The van der Waals surface area contributed by atoms with E-state index in [1.54, 1.807) is 0 Å².